The fourth-order valence-corrected chi connectivity index (χ4v) is 1.66. The van der Waals surface area contributed by atoms with Crippen LogP contribution in [0.1, 0.15) is 11.1 Å². The van der Waals surface area contributed by atoms with Gasteiger partial charge in [0.1, 0.15) is 24.5 Å². The number of anilines is 3. The molecule has 0 aliphatic rings. The summed E-state index contributed by atoms with van der Waals surface area (Å²) in [4.78, 5) is 8.21. The number of nitriles is 1. The molecular formula is C14H15N5. The number of hydrogen-bond acceptors (Lipinski definition) is 5. The number of nitrogens with one attached hydrogen (secondary N) is 2. The van der Waals surface area contributed by atoms with Crippen molar-refractivity contribution in [2.45, 2.75) is 13.8 Å². The highest BCUT2D eigenvalue weighted by Crippen LogP contribution is 2.21. The summed E-state index contributed by atoms with van der Waals surface area (Å²) in [6.07, 6.45) is 1.47. The molecule has 0 saturated heterocycles. The molecule has 0 aliphatic carbocycles. The lowest BCUT2D eigenvalue weighted by Gasteiger charge is -2.10. The van der Waals surface area contributed by atoms with Crippen LogP contribution in [0.5, 0.6) is 0 Å². The third-order valence-electron chi connectivity index (χ3n) is 2.67. The monoisotopic (exact) mass is 253 g/mol. The molecule has 2 N–H and O–H groups in total. The Morgan fingerprint density at radius 2 is 1.95 bits per heavy atom. The minimum atomic E-state index is 0.222. The maximum atomic E-state index is 8.53. The zero-order chi connectivity index (χ0) is 13.7. The van der Waals surface area contributed by atoms with Crippen molar-refractivity contribution >= 4 is 17.3 Å². The van der Waals surface area contributed by atoms with E-state index in [1.165, 1.54) is 11.9 Å². The second-order valence-electron chi connectivity index (χ2n) is 4.24. The minimum absolute atomic E-state index is 0.222. The molecule has 0 radical (unpaired) electrons. The summed E-state index contributed by atoms with van der Waals surface area (Å²) in [6.45, 7) is 4.31. The largest absolute Gasteiger partial charge is 0.357 e. The Labute approximate surface area is 112 Å². The van der Waals surface area contributed by atoms with Gasteiger partial charge in [-0.3, -0.25) is 0 Å². The van der Waals surface area contributed by atoms with Crippen LogP contribution in [0.2, 0.25) is 0 Å². The number of nitrogens with zero attached hydrogens (tertiary/aromatic N) is 3. The van der Waals surface area contributed by atoms with E-state index in [9.17, 15) is 0 Å². The van der Waals surface area contributed by atoms with Crippen molar-refractivity contribution in [1.82, 2.24) is 9.97 Å². The van der Waals surface area contributed by atoms with Crippen molar-refractivity contribution in [3.63, 3.8) is 0 Å². The van der Waals surface area contributed by atoms with E-state index in [4.69, 9.17) is 5.26 Å². The first-order valence-electron chi connectivity index (χ1n) is 5.96. The second kappa shape index (κ2) is 5.83. The molecule has 5 nitrogen and oxygen atoms in total. The van der Waals surface area contributed by atoms with E-state index >= 15 is 0 Å². The molecule has 1 aromatic carbocycles. The summed E-state index contributed by atoms with van der Waals surface area (Å²) < 4.78 is 0. The fraction of sp³-hybridized carbons (Fsp3) is 0.214. The van der Waals surface area contributed by atoms with E-state index in [1.807, 2.05) is 19.9 Å². The van der Waals surface area contributed by atoms with Crippen LogP contribution < -0.4 is 10.6 Å². The standard InChI is InChI=1S/C14H15N5/c1-10-3-4-11(2)12(7-10)19-14-8-13(16-6-5-15)17-9-18-14/h3-4,7-9H,6H2,1-2H3,(H2,16,17,18,19). The van der Waals surface area contributed by atoms with Crippen molar-refractivity contribution in [3.05, 3.63) is 41.7 Å². The summed E-state index contributed by atoms with van der Waals surface area (Å²) in [6, 6.07) is 9.99. The quantitative estimate of drug-likeness (QED) is 0.819. The van der Waals surface area contributed by atoms with Crippen LogP contribution in [0, 0.1) is 25.2 Å². The number of benzene rings is 1. The summed E-state index contributed by atoms with van der Waals surface area (Å²) in [5.41, 5.74) is 3.35. The Morgan fingerprint density at radius 3 is 2.74 bits per heavy atom. The Hall–Kier alpha value is -2.61. The van der Waals surface area contributed by atoms with Crippen molar-refractivity contribution in [2.24, 2.45) is 0 Å². The molecule has 0 aliphatic heterocycles. The molecule has 2 aromatic rings. The normalized spacial score (nSPS) is 9.74. The Bertz CT molecular complexity index is 615. The van der Waals surface area contributed by atoms with Crippen LogP contribution in [-0.4, -0.2) is 16.5 Å². The van der Waals surface area contributed by atoms with Crippen LogP contribution in [0.4, 0.5) is 17.3 Å². The second-order valence-corrected chi connectivity index (χ2v) is 4.24. The van der Waals surface area contributed by atoms with E-state index in [0.717, 1.165) is 11.3 Å². The van der Waals surface area contributed by atoms with Gasteiger partial charge in [-0.2, -0.15) is 5.26 Å². The lowest BCUT2D eigenvalue weighted by molar-refractivity contribution is 1.14. The highest BCUT2D eigenvalue weighted by atomic mass is 15.1. The third-order valence-corrected chi connectivity index (χ3v) is 2.67. The average Bonchev–Trinajstić information content (AvgIpc) is 2.41. The summed E-state index contributed by atoms with van der Waals surface area (Å²) in [5.74, 6) is 1.33. The molecule has 19 heavy (non-hydrogen) atoms. The molecule has 96 valence electrons. The minimum Gasteiger partial charge on any atom is -0.357 e. The maximum absolute atomic E-state index is 8.53. The molecule has 0 fully saturated rings. The molecule has 0 saturated carbocycles. The lowest BCUT2D eigenvalue weighted by atomic mass is 10.1. The fourth-order valence-electron chi connectivity index (χ4n) is 1.66. The number of rotatable bonds is 4. The van der Waals surface area contributed by atoms with Gasteiger partial charge < -0.3 is 10.6 Å². The number of hydrogen-bond donors (Lipinski definition) is 2. The van der Waals surface area contributed by atoms with E-state index in [0.29, 0.717) is 11.6 Å². The van der Waals surface area contributed by atoms with E-state index in [2.05, 4.69) is 38.8 Å². The summed E-state index contributed by atoms with van der Waals surface area (Å²) in [5, 5.41) is 14.7. The van der Waals surface area contributed by atoms with Crippen molar-refractivity contribution in [2.75, 3.05) is 17.2 Å². The van der Waals surface area contributed by atoms with Crippen LogP contribution in [-0.2, 0) is 0 Å². The molecule has 0 spiro atoms. The SMILES string of the molecule is Cc1ccc(C)c(Nc2cc(NCC#N)ncn2)c1. The highest BCUT2D eigenvalue weighted by Gasteiger charge is 2.02. The van der Waals surface area contributed by atoms with Gasteiger partial charge in [-0.15, -0.1) is 0 Å². The Morgan fingerprint density at radius 1 is 1.16 bits per heavy atom. The third kappa shape index (κ3) is 3.42. The topological polar surface area (TPSA) is 73.6 Å². The van der Waals surface area contributed by atoms with Gasteiger partial charge >= 0.3 is 0 Å². The van der Waals surface area contributed by atoms with Gasteiger partial charge in [0.2, 0.25) is 0 Å². The smallest absolute Gasteiger partial charge is 0.135 e. The first-order valence-corrected chi connectivity index (χ1v) is 5.96. The predicted octanol–water partition coefficient (Wildman–Crippen LogP) is 2.77. The first-order chi connectivity index (χ1) is 9.19. The van der Waals surface area contributed by atoms with Crippen LogP contribution >= 0.6 is 0 Å². The molecular weight excluding hydrogens is 238 g/mol. The Balaban J connectivity index is 2.19. The first kappa shape index (κ1) is 12.8. The maximum Gasteiger partial charge on any atom is 0.135 e. The van der Waals surface area contributed by atoms with E-state index < -0.39 is 0 Å². The van der Waals surface area contributed by atoms with Crippen molar-refractivity contribution in [1.29, 1.82) is 5.26 Å². The van der Waals surface area contributed by atoms with Crippen LogP contribution in [0.3, 0.4) is 0 Å². The molecule has 2 rings (SSSR count). The summed E-state index contributed by atoms with van der Waals surface area (Å²) >= 11 is 0. The molecule has 0 unspecified atom stereocenters. The van der Waals surface area contributed by atoms with Gasteiger partial charge in [-0.1, -0.05) is 12.1 Å². The Kier molecular flexibility index (Phi) is 3.94. The predicted molar refractivity (Wildman–Crippen MR) is 75.3 cm³/mol. The van der Waals surface area contributed by atoms with Gasteiger partial charge in [0.25, 0.3) is 0 Å². The molecule has 0 amide bonds. The van der Waals surface area contributed by atoms with Crippen LogP contribution in [0.15, 0.2) is 30.6 Å². The van der Waals surface area contributed by atoms with Gasteiger partial charge in [-0.25, -0.2) is 9.97 Å². The lowest BCUT2D eigenvalue weighted by Crippen LogP contribution is -2.03. The number of aryl methyl sites for hydroxylation is 2. The average molecular weight is 253 g/mol. The van der Waals surface area contributed by atoms with Gasteiger partial charge in [0.05, 0.1) is 6.07 Å². The molecule has 5 heteroatoms. The zero-order valence-corrected chi connectivity index (χ0v) is 10.9. The molecule has 1 aromatic heterocycles. The zero-order valence-electron chi connectivity index (χ0n) is 10.9. The van der Waals surface area contributed by atoms with Crippen molar-refractivity contribution < 1.29 is 0 Å². The molecule has 0 bridgehead atoms. The molecule has 0 atom stereocenters. The summed E-state index contributed by atoms with van der Waals surface area (Å²) in [7, 11) is 0. The van der Waals surface area contributed by atoms with E-state index in [-0.39, 0.29) is 6.54 Å². The van der Waals surface area contributed by atoms with Gasteiger partial charge in [0, 0.05) is 11.8 Å². The van der Waals surface area contributed by atoms with Gasteiger partial charge in [-0.05, 0) is 31.0 Å². The molecule has 1 heterocycles. The van der Waals surface area contributed by atoms with Crippen molar-refractivity contribution in [3.8, 4) is 6.07 Å². The van der Waals surface area contributed by atoms with Crippen LogP contribution in [0.25, 0.3) is 0 Å². The van der Waals surface area contributed by atoms with E-state index in [1.54, 1.807) is 6.07 Å². The number of aromatic nitrogens is 2. The van der Waals surface area contributed by atoms with Gasteiger partial charge in [0.15, 0.2) is 0 Å². The highest BCUT2D eigenvalue weighted by molar-refractivity contribution is 5.63.